The lowest BCUT2D eigenvalue weighted by Crippen LogP contribution is -2.26. The maximum Gasteiger partial charge on any atom is 0.165 e. The molecule has 1 saturated carbocycles. The van der Waals surface area contributed by atoms with Crippen LogP contribution in [-0.2, 0) is 6.42 Å². The van der Waals surface area contributed by atoms with E-state index in [-0.39, 0.29) is 11.9 Å². The quantitative estimate of drug-likeness (QED) is 0.874. The van der Waals surface area contributed by atoms with Gasteiger partial charge in [-0.05, 0) is 73.4 Å². The molecular weight excluding hydrogens is 329 g/mol. The fraction of sp³-hybridized carbons (Fsp3) is 0.455. The maximum absolute atomic E-state index is 14.0. The zero-order chi connectivity index (χ0) is 18.1. The Morgan fingerprint density at radius 1 is 1.08 bits per heavy atom. The first-order valence-electron chi connectivity index (χ1n) is 9.50. The first-order chi connectivity index (χ1) is 12.6. The largest absolute Gasteiger partial charge is 0.508 e. The third-order valence-electron chi connectivity index (χ3n) is 5.82. The van der Waals surface area contributed by atoms with E-state index in [1.54, 1.807) is 18.2 Å². The summed E-state index contributed by atoms with van der Waals surface area (Å²) in [5, 5.41) is 9.36. The predicted octanol–water partition coefficient (Wildman–Crippen LogP) is 4.17. The number of hydrogen-bond acceptors (Lipinski definition) is 3. The van der Waals surface area contributed by atoms with E-state index in [0.717, 1.165) is 44.5 Å². The standard InChI is InChI=1S/C22H26FNO2/c1-15-2-7-22(21(23)10-15)26-20-11-17-13-24(14-18(17)12-20)9-8-16-3-5-19(25)6-4-16/h2-7,10,17-18,20,25H,8-9,11-14H2,1H3/t17-,18+,20+. The number of rotatable bonds is 5. The average Bonchev–Trinajstić information content (AvgIpc) is 3.15. The highest BCUT2D eigenvalue weighted by Crippen LogP contribution is 2.40. The summed E-state index contributed by atoms with van der Waals surface area (Å²) in [6.45, 7) is 5.16. The molecule has 0 aromatic heterocycles. The van der Waals surface area contributed by atoms with Crippen LogP contribution in [0.4, 0.5) is 4.39 Å². The molecule has 26 heavy (non-hydrogen) atoms. The topological polar surface area (TPSA) is 32.7 Å². The molecule has 4 heteroatoms. The molecule has 4 rings (SSSR count). The van der Waals surface area contributed by atoms with Crippen LogP contribution < -0.4 is 4.74 Å². The van der Waals surface area contributed by atoms with Crippen molar-refractivity contribution in [2.45, 2.75) is 32.3 Å². The third-order valence-corrected chi connectivity index (χ3v) is 5.82. The molecule has 2 aromatic rings. The number of hydrogen-bond donors (Lipinski definition) is 1. The summed E-state index contributed by atoms with van der Waals surface area (Å²) in [5.41, 5.74) is 2.18. The van der Waals surface area contributed by atoms with Crippen molar-refractivity contribution in [1.82, 2.24) is 4.90 Å². The van der Waals surface area contributed by atoms with Crippen LogP contribution in [-0.4, -0.2) is 35.7 Å². The fourth-order valence-corrected chi connectivity index (χ4v) is 4.45. The summed E-state index contributed by atoms with van der Waals surface area (Å²) in [6, 6.07) is 12.7. The van der Waals surface area contributed by atoms with Crippen LogP contribution in [0.5, 0.6) is 11.5 Å². The van der Waals surface area contributed by atoms with Gasteiger partial charge in [0.25, 0.3) is 0 Å². The van der Waals surface area contributed by atoms with E-state index in [1.165, 1.54) is 11.6 Å². The molecule has 3 nitrogen and oxygen atoms in total. The van der Waals surface area contributed by atoms with Gasteiger partial charge in [0.05, 0.1) is 6.10 Å². The third kappa shape index (κ3) is 3.85. The molecule has 0 radical (unpaired) electrons. The van der Waals surface area contributed by atoms with Gasteiger partial charge in [-0.15, -0.1) is 0 Å². The van der Waals surface area contributed by atoms with Crippen molar-refractivity contribution in [1.29, 1.82) is 0 Å². The van der Waals surface area contributed by atoms with Crippen LogP contribution in [0.2, 0.25) is 0 Å². The number of halogens is 1. The van der Waals surface area contributed by atoms with Crippen LogP contribution in [0.1, 0.15) is 24.0 Å². The highest BCUT2D eigenvalue weighted by molar-refractivity contribution is 5.29. The Hall–Kier alpha value is -2.07. The number of ether oxygens (including phenoxy) is 1. The Kier molecular flexibility index (Phi) is 4.86. The number of fused-ring (bicyclic) bond motifs is 1. The molecule has 0 bridgehead atoms. The molecule has 2 aliphatic rings. The summed E-state index contributed by atoms with van der Waals surface area (Å²) >= 11 is 0. The summed E-state index contributed by atoms with van der Waals surface area (Å²) < 4.78 is 19.9. The van der Waals surface area contributed by atoms with Gasteiger partial charge < -0.3 is 14.7 Å². The number of phenolic OH excluding ortho intramolecular Hbond substituents is 1. The summed E-state index contributed by atoms with van der Waals surface area (Å²) in [6.07, 6.45) is 3.19. The van der Waals surface area contributed by atoms with E-state index < -0.39 is 0 Å². The fourth-order valence-electron chi connectivity index (χ4n) is 4.45. The number of benzene rings is 2. The van der Waals surface area contributed by atoms with Gasteiger partial charge in [-0.3, -0.25) is 0 Å². The minimum atomic E-state index is -0.252. The van der Waals surface area contributed by atoms with E-state index in [2.05, 4.69) is 4.90 Å². The van der Waals surface area contributed by atoms with Crippen molar-refractivity contribution >= 4 is 0 Å². The van der Waals surface area contributed by atoms with Gasteiger partial charge in [-0.2, -0.15) is 0 Å². The van der Waals surface area contributed by atoms with Crippen molar-refractivity contribution in [3.8, 4) is 11.5 Å². The normalized spacial score (nSPS) is 25.4. The van der Waals surface area contributed by atoms with Crippen LogP contribution in [0.3, 0.4) is 0 Å². The number of aromatic hydroxyl groups is 1. The number of phenols is 1. The van der Waals surface area contributed by atoms with Gasteiger partial charge in [-0.1, -0.05) is 18.2 Å². The molecule has 1 aliphatic heterocycles. The molecule has 0 amide bonds. The molecule has 1 heterocycles. The highest BCUT2D eigenvalue weighted by atomic mass is 19.1. The zero-order valence-electron chi connectivity index (χ0n) is 15.2. The van der Waals surface area contributed by atoms with Gasteiger partial charge in [0.15, 0.2) is 11.6 Å². The Bertz CT molecular complexity index is 747. The van der Waals surface area contributed by atoms with Crippen LogP contribution in [0.25, 0.3) is 0 Å². The molecule has 1 aliphatic carbocycles. The second kappa shape index (κ2) is 7.28. The van der Waals surface area contributed by atoms with Crippen molar-refractivity contribution in [3.63, 3.8) is 0 Å². The SMILES string of the molecule is Cc1ccc(O[C@H]2C[C@@H]3CN(CCc4ccc(O)cc4)C[C@@H]3C2)c(F)c1. The minimum absolute atomic E-state index is 0.140. The number of aryl methyl sites for hydroxylation is 1. The monoisotopic (exact) mass is 355 g/mol. The van der Waals surface area contributed by atoms with E-state index >= 15 is 0 Å². The Morgan fingerprint density at radius 3 is 2.42 bits per heavy atom. The molecule has 1 saturated heterocycles. The van der Waals surface area contributed by atoms with Crippen molar-refractivity contribution in [2.24, 2.45) is 11.8 Å². The maximum atomic E-state index is 14.0. The van der Waals surface area contributed by atoms with Crippen LogP contribution >= 0.6 is 0 Å². The predicted molar refractivity (Wildman–Crippen MR) is 100 cm³/mol. The van der Waals surface area contributed by atoms with Gasteiger partial charge in [0.2, 0.25) is 0 Å². The minimum Gasteiger partial charge on any atom is -0.508 e. The summed E-state index contributed by atoms with van der Waals surface area (Å²) in [4.78, 5) is 2.53. The van der Waals surface area contributed by atoms with Gasteiger partial charge >= 0.3 is 0 Å². The number of nitrogens with zero attached hydrogens (tertiary/aromatic N) is 1. The lowest BCUT2D eigenvalue weighted by atomic mass is 10.0. The van der Waals surface area contributed by atoms with Gasteiger partial charge in [-0.25, -0.2) is 4.39 Å². The van der Waals surface area contributed by atoms with Crippen molar-refractivity contribution in [2.75, 3.05) is 19.6 Å². The second-order valence-corrected chi connectivity index (χ2v) is 7.84. The van der Waals surface area contributed by atoms with Crippen LogP contribution in [0.15, 0.2) is 42.5 Å². The van der Waals surface area contributed by atoms with Crippen molar-refractivity contribution < 1.29 is 14.2 Å². The van der Waals surface area contributed by atoms with E-state index in [4.69, 9.17) is 4.74 Å². The summed E-state index contributed by atoms with van der Waals surface area (Å²) in [7, 11) is 0. The Labute approximate surface area is 154 Å². The molecule has 1 N–H and O–H groups in total. The molecule has 0 unspecified atom stereocenters. The Morgan fingerprint density at radius 2 is 1.77 bits per heavy atom. The first kappa shape index (κ1) is 17.3. The summed E-state index contributed by atoms with van der Waals surface area (Å²) in [5.74, 6) is 1.78. The van der Waals surface area contributed by atoms with E-state index in [1.807, 2.05) is 25.1 Å². The van der Waals surface area contributed by atoms with Crippen LogP contribution in [0, 0.1) is 24.6 Å². The smallest absolute Gasteiger partial charge is 0.165 e. The average molecular weight is 355 g/mol. The molecular formula is C22H26FNO2. The van der Waals surface area contributed by atoms with Crippen molar-refractivity contribution in [3.05, 3.63) is 59.4 Å². The lowest BCUT2D eigenvalue weighted by Gasteiger charge is -2.20. The van der Waals surface area contributed by atoms with Gasteiger partial charge in [0, 0.05) is 19.6 Å². The second-order valence-electron chi connectivity index (χ2n) is 7.84. The molecule has 3 atom stereocenters. The van der Waals surface area contributed by atoms with Gasteiger partial charge in [0.1, 0.15) is 5.75 Å². The molecule has 0 spiro atoms. The lowest BCUT2D eigenvalue weighted by molar-refractivity contribution is 0.179. The molecule has 138 valence electrons. The van der Waals surface area contributed by atoms with E-state index in [9.17, 15) is 9.50 Å². The zero-order valence-corrected chi connectivity index (χ0v) is 15.2. The highest BCUT2D eigenvalue weighted by Gasteiger charge is 2.41. The Balaban J connectivity index is 1.26. The number of likely N-dealkylation sites (tertiary alicyclic amines) is 1. The molecule has 2 fully saturated rings. The first-order valence-corrected chi connectivity index (χ1v) is 9.50. The molecule has 2 aromatic carbocycles. The van der Waals surface area contributed by atoms with E-state index in [0.29, 0.717) is 23.3 Å².